The molecule has 2 fully saturated rings. The van der Waals surface area contributed by atoms with Gasteiger partial charge in [-0.25, -0.2) is 0 Å². The van der Waals surface area contributed by atoms with Gasteiger partial charge in [0.1, 0.15) is 5.60 Å². The molecule has 1 heterocycles. The van der Waals surface area contributed by atoms with E-state index in [2.05, 4.69) is 4.90 Å². The van der Waals surface area contributed by atoms with Crippen LogP contribution in [-0.4, -0.2) is 29.1 Å². The SMILES string of the molecule is OC1(c2cc(Cl)ccc2Cl)CCN(C2CC2)C1. The lowest BCUT2D eigenvalue weighted by Crippen LogP contribution is -2.32. The van der Waals surface area contributed by atoms with Gasteiger partial charge >= 0.3 is 0 Å². The van der Waals surface area contributed by atoms with Gasteiger partial charge in [-0.05, 0) is 37.5 Å². The van der Waals surface area contributed by atoms with Gasteiger partial charge in [-0.15, -0.1) is 0 Å². The van der Waals surface area contributed by atoms with Gasteiger partial charge in [-0.1, -0.05) is 23.2 Å². The Hall–Kier alpha value is -0.280. The van der Waals surface area contributed by atoms with Crippen LogP contribution in [0.4, 0.5) is 0 Å². The predicted octanol–water partition coefficient (Wildman–Crippen LogP) is 3.05. The van der Waals surface area contributed by atoms with Crippen LogP contribution < -0.4 is 0 Å². The first-order chi connectivity index (χ1) is 8.08. The first-order valence-electron chi connectivity index (χ1n) is 6.00. The predicted molar refractivity (Wildman–Crippen MR) is 69.6 cm³/mol. The van der Waals surface area contributed by atoms with E-state index in [1.807, 2.05) is 0 Å². The first kappa shape index (κ1) is 11.8. The van der Waals surface area contributed by atoms with Gasteiger partial charge in [0.05, 0.1) is 0 Å². The van der Waals surface area contributed by atoms with Gasteiger partial charge < -0.3 is 5.11 Å². The van der Waals surface area contributed by atoms with Crippen molar-refractivity contribution in [1.29, 1.82) is 0 Å². The zero-order chi connectivity index (χ0) is 12.0. The number of rotatable bonds is 2. The molecule has 0 amide bonds. The topological polar surface area (TPSA) is 23.5 Å². The number of nitrogens with zero attached hydrogens (tertiary/aromatic N) is 1. The molecule has 1 saturated heterocycles. The van der Waals surface area contributed by atoms with Crippen molar-refractivity contribution >= 4 is 23.2 Å². The third-order valence-corrected chi connectivity index (χ3v) is 4.33. The molecule has 0 radical (unpaired) electrons. The quantitative estimate of drug-likeness (QED) is 0.894. The number of hydrogen-bond donors (Lipinski definition) is 1. The highest BCUT2D eigenvalue weighted by molar-refractivity contribution is 6.33. The molecule has 2 nitrogen and oxygen atoms in total. The van der Waals surface area contributed by atoms with Crippen LogP contribution in [0.3, 0.4) is 0 Å². The van der Waals surface area contributed by atoms with Crippen molar-refractivity contribution in [1.82, 2.24) is 4.90 Å². The summed E-state index contributed by atoms with van der Waals surface area (Å²) in [6.07, 6.45) is 3.27. The summed E-state index contributed by atoms with van der Waals surface area (Å²) in [5.74, 6) is 0. The Balaban J connectivity index is 1.89. The van der Waals surface area contributed by atoms with Crippen LogP contribution in [0.1, 0.15) is 24.8 Å². The molecule has 1 N–H and O–H groups in total. The Kier molecular flexibility index (Phi) is 2.86. The minimum absolute atomic E-state index is 0.606. The van der Waals surface area contributed by atoms with E-state index in [9.17, 15) is 5.11 Å². The van der Waals surface area contributed by atoms with Gasteiger partial charge in [-0.3, -0.25) is 4.90 Å². The lowest BCUT2D eigenvalue weighted by molar-refractivity contribution is 0.0453. The molecular formula is C13H15Cl2NO. The van der Waals surface area contributed by atoms with E-state index in [0.29, 0.717) is 22.6 Å². The summed E-state index contributed by atoms with van der Waals surface area (Å²) in [6, 6.07) is 5.99. The molecular weight excluding hydrogens is 257 g/mol. The Bertz CT molecular complexity index is 447. The smallest absolute Gasteiger partial charge is 0.105 e. The monoisotopic (exact) mass is 271 g/mol. The second kappa shape index (κ2) is 4.13. The van der Waals surface area contributed by atoms with Gasteiger partial charge in [0.2, 0.25) is 0 Å². The standard InChI is InChI=1S/C13H15Cl2NO/c14-9-1-4-12(15)11(7-9)13(17)5-6-16(8-13)10-2-3-10/h1,4,7,10,17H,2-3,5-6,8H2. The van der Waals surface area contributed by atoms with Gasteiger partial charge in [0.25, 0.3) is 0 Å². The summed E-state index contributed by atoms with van der Waals surface area (Å²) in [7, 11) is 0. The fourth-order valence-corrected chi connectivity index (χ4v) is 3.11. The van der Waals surface area contributed by atoms with E-state index < -0.39 is 5.60 Å². The molecule has 0 spiro atoms. The van der Waals surface area contributed by atoms with Crippen LogP contribution in [0.2, 0.25) is 10.0 Å². The Morgan fingerprint density at radius 2 is 2.06 bits per heavy atom. The second-order valence-corrected chi connectivity index (χ2v) is 5.95. The van der Waals surface area contributed by atoms with Crippen molar-refractivity contribution in [3.8, 4) is 0 Å². The molecule has 17 heavy (non-hydrogen) atoms. The highest BCUT2D eigenvalue weighted by atomic mass is 35.5. The Morgan fingerprint density at radius 1 is 1.29 bits per heavy atom. The molecule has 0 aromatic heterocycles. The van der Waals surface area contributed by atoms with Crippen LogP contribution in [-0.2, 0) is 5.60 Å². The summed E-state index contributed by atoms with van der Waals surface area (Å²) in [5, 5.41) is 12.0. The molecule has 4 heteroatoms. The van der Waals surface area contributed by atoms with Crippen LogP contribution in [0, 0.1) is 0 Å². The first-order valence-corrected chi connectivity index (χ1v) is 6.76. The highest BCUT2D eigenvalue weighted by Crippen LogP contribution is 2.41. The maximum absolute atomic E-state index is 10.7. The van der Waals surface area contributed by atoms with Crippen LogP contribution in [0.15, 0.2) is 18.2 Å². The van der Waals surface area contributed by atoms with Crippen LogP contribution in [0.25, 0.3) is 0 Å². The number of hydrogen-bond acceptors (Lipinski definition) is 2. The van der Waals surface area contributed by atoms with Crippen molar-refractivity contribution in [3.63, 3.8) is 0 Å². The van der Waals surface area contributed by atoms with Gasteiger partial charge in [0, 0.05) is 34.7 Å². The summed E-state index contributed by atoms with van der Waals surface area (Å²) >= 11 is 12.2. The number of likely N-dealkylation sites (tertiary alicyclic amines) is 1. The minimum atomic E-state index is -0.829. The Labute approximate surface area is 111 Å². The van der Waals surface area contributed by atoms with Crippen molar-refractivity contribution < 1.29 is 5.11 Å². The molecule has 2 aliphatic rings. The normalized spacial score (nSPS) is 29.8. The molecule has 3 rings (SSSR count). The van der Waals surface area contributed by atoms with Crippen LogP contribution in [0.5, 0.6) is 0 Å². The van der Waals surface area contributed by atoms with E-state index >= 15 is 0 Å². The van der Waals surface area contributed by atoms with Gasteiger partial charge in [0.15, 0.2) is 0 Å². The summed E-state index contributed by atoms with van der Waals surface area (Å²) in [6.45, 7) is 1.63. The number of aliphatic hydroxyl groups is 1. The number of β-amino-alcohol motifs (C(OH)–C–C–N with tert-alkyl or cyclic N) is 1. The molecule has 1 aliphatic heterocycles. The third-order valence-electron chi connectivity index (χ3n) is 3.77. The average molecular weight is 272 g/mol. The maximum atomic E-state index is 10.7. The average Bonchev–Trinajstić information content (AvgIpc) is 3.06. The van der Waals surface area contributed by atoms with E-state index in [1.165, 1.54) is 12.8 Å². The molecule has 1 saturated carbocycles. The van der Waals surface area contributed by atoms with Crippen molar-refractivity contribution in [2.45, 2.75) is 30.9 Å². The molecule has 1 atom stereocenters. The third kappa shape index (κ3) is 2.19. The fourth-order valence-electron chi connectivity index (χ4n) is 2.65. The largest absolute Gasteiger partial charge is 0.384 e. The summed E-state index contributed by atoms with van der Waals surface area (Å²) in [5.41, 5.74) is -0.0558. The van der Waals surface area contributed by atoms with Crippen LogP contribution >= 0.6 is 23.2 Å². The van der Waals surface area contributed by atoms with E-state index in [1.54, 1.807) is 18.2 Å². The van der Waals surface area contributed by atoms with Gasteiger partial charge in [-0.2, -0.15) is 0 Å². The molecule has 92 valence electrons. The zero-order valence-corrected chi connectivity index (χ0v) is 11.0. The van der Waals surface area contributed by atoms with E-state index in [0.717, 1.165) is 18.5 Å². The summed E-state index contributed by atoms with van der Waals surface area (Å²) < 4.78 is 0. The van der Waals surface area contributed by atoms with E-state index in [-0.39, 0.29) is 0 Å². The van der Waals surface area contributed by atoms with Crippen molar-refractivity contribution in [2.75, 3.05) is 13.1 Å². The van der Waals surface area contributed by atoms with Crippen molar-refractivity contribution in [3.05, 3.63) is 33.8 Å². The lowest BCUT2D eigenvalue weighted by atomic mass is 9.93. The maximum Gasteiger partial charge on any atom is 0.105 e. The highest BCUT2D eigenvalue weighted by Gasteiger charge is 2.43. The number of benzene rings is 1. The minimum Gasteiger partial charge on any atom is -0.384 e. The zero-order valence-electron chi connectivity index (χ0n) is 9.50. The molecule has 1 aromatic carbocycles. The molecule has 1 aromatic rings. The molecule has 1 unspecified atom stereocenters. The van der Waals surface area contributed by atoms with E-state index in [4.69, 9.17) is 23.2 Å². The van der Waals surface area contributed by atoms with Crippen molar-refractivity contribution in [2.24, 2.45) is 0 Å². The lowest BCUT2D eigenvalue weighted by Gasteiger charge is -2.25. The summed E-state index contributed by atoms with van der Waals surface area (Å²) in [4.78, 5) is 2.36. The Morgan fingerprint density at radius 3 is 2.76 bits per heavy atom. The molecule has 1 aliphatic carbocycles. The second-order valence-electron chi connectivity index (χ2n) is 5.11. The fraction of sp³-hybridized carbons (Fsp3) is 0.538. The molecule has 0 bridgehead atoms. The number of halogens is 2.